The molecule has 1 aliphatic heterocycles. The molecule has 1 aliphatic rings. The average molecular weight is 269 g/mol. The number of halogens is 1. The van der Waals surface area contributed by atoms with E-state index in [-0.39, 0.29) is 0 Å². The third-order valence-electron chi connectivity index (χ3n) is 3.48. The Morgan fingerprint density at radius 3 is 3.00 bits per heavy atom. The van der Waals surface area contributed by atoms with Gasteiger partial charge in [0, 0.05) is 30.7 Å². The second-order valence-electron chi connectivity index (χ2n) is 4.91. The molecule has 18 heavy (non-hydrogen) atoms. The van der Waals surface area contributed by atoms with Crippen molar-refractivity contribution in [2.24, 2.45) is 0 Å². The first kappa shape index (κ1) is 13.7. The van der Waals surface area contributed by atoms with Crippen molar-refractivity contribution in [1.29, 1.82) is 0 Å². The van der Waals surface area contributed by atoms with E-state index in [0.717, 1.165) is 43.2 Å². The van der Waals surface area contributed by atoms with Crippen LogP contribution >= 0.6 is 11.6 Å². The van der Waals surface area contributed by atoms with Gasteiger partial charge in [0.05, 0.1) is 7.11 Å². The molecule has 0 amide bonds. The Hall–Kier alpha value is -0.770. The molecule has 4 heteroatoms. The second-order valence-corrected chi connectivity index (χ2v) is 5.32. The van der Waals surface area contributed by atoms with E-state index in [9.17, 15) is 0 Å². The maximum absolute atomic E-state index is 6.24. The Kier molecular flexibility index (Phi) is 4.87. The van der Waals surface area contributed by atoms with Crippen LogP contribution in [0, 0.1) is 0 Å². The summed E-state index contributed by atoms with van der Waals surface area (Å²) in [6.07, 6.45) is 2.13. The van der Waals surface area contributed by atoms with Crippen LogP contribution in [0.4, 0.5) is 0 Å². The van der Waals surface area contributed by atoms with E-state index >= 15 is 0 Å². The minimum Gasteiger partial charge on any atom is -0.497 e. The van der Waals surface area contributed by atoms with Crippen LogP contribution in [0.25, 0.3) is 0 Å². The molecular weight excluding hydrogens is 248 g/mol. The predicted octanol–water partition coefficient (Wildman–Crippen LogP) is 2.18. The number of ether oxygens (including phenoxy) is 1. The van der Waals surface area contributed by atoms with Crippen molar-refractivity contribution in [3.63, 3.8) is 0 Å². The summed E-state index contributed by atoms with van der Waals surface area (Å²) in [5.41, 5.74) is 1.20. The van der Waals surface area contributed by atoms with Crippen LogP contribution in [0.1, 0.15) is 12.0 Å². The minimum absolute atomic E-state index is 0.571. The number of methoxy groups -OCH3 is 1. The van der Waals surface area contributed by atoms with Crippen LogP contribution in [0.5, 0.6) is 5.75 Å². The molecule has 1 N–H and O–H groups in total. The quantitative estimate of drug-likeness (QED) is 0.906. The molecule has 0 saturated carbocycles. The van der Waals surface area contributed by atoms with Crippen LogP contribution in [0.15, 0.2) is 18.2 Å². The van der Waals surface area contributed by atoms with E-state index < -0.39 is 0 Å². The molecule has 0 bridgehead atoms. The highest BCUT2D eigenvalue weighted by Crippen LogP contribution is 2.23. The van der Waals surface area contributed by atoms with E-state index in [1.54, 1.807) is 7.11 Å². The van der Waals surface area contributed by atoms with Crippen molar-refractivity contribution in [1.82, 2.24) is 10.2 Å². The second kappa shape index (κ2) is 6.41. The van der Waals surface area contributed by atoms with Gasteiger partial charge in [0.1, 0.15) is 5.75 Å². The van der Waals surface area contributed by atoms with Gasteiger partial charge in [0.15, 0.2) is 0 Å². The molecule has 0 aromatic heterocycles. The summed E-state index contributed by atoms with van der Waals surface area (Å²) in [4.78, 5) is 2.37. The highest BCUT2D eigenvalue weighted by molar-refractivity contribution is 6.31. The largest absolute Gasteiger partial charge is 0.497 e. The van der Waals surface area contributed by atoms with Gasteiger partial charge in [-0.25, -0.2) is 0 Å². The zero-order valence-electron chi connectivity index (χ0n) is 11.1. The fourth-order valence-corrected chi connectivity index (χ4v) is 2.64. The Morgan fingerprint density at radius 2 is 2.33 bits per heavy atom. The number of aryl methyl sites for hydroxylation is 1. The third kappa shape index (κ3) is 3.61. The number of nitrogens with one attached hydrogen (secondary N) is 1. The summed E-state index contributed by atoms with van der Waals surface area (Å²) >= 11 is 6.24. The summed E-state index contributed by atoms with van der Waals surface area (Å²) in [6, 6.07) is 6.49. The van der Waals surface area contributed by atoms with Gasteiger partial charge in [0.2, 0.25) is 0 Å². The summed E-state index contributed by atoms with van der Waals surface area (Å²) in [7, 11) is 3.83. The first-order valence-electron chi connectivity index (χ1n) is 6.43. The van der Waals surface area contributed by atoms with Crippen LogP contribution in [0.3, 0.4) is 0 Å². The van der Waals surface area contributed by atoms with E-state index in [4.69, 9.17) is 16.3 Å². The van der Waals surface area contributed by atoms with Gasteiger partial charge in [-0.2, -0.15) is 0 Å². The molecule has 1 saturated heterocycles. The molecule has 0 spiro atoms. The highest BCUT2D eigenvalue weighted by atomic mass is 35.5. The highest BCUT2D eigenvalue weighted by Gasteiger charge is 2.16. The summed E-state index contributed by atoms with van der Waals surface area (Å²) in [5.74, 6) is 0.819. The van der Waals surface area contributed by atoms with Gasteiger partial charge in [-0.05, 0) is 37.6 Å². The number of nitrogens with zero attached hydrogens (tertiary/aromatic N) is 1. The summed E-state index contributed by atoms with van der Waals surface area (Å²) in [6.45, 7) is 3.34. The number of rotatable bonds is 4. The number of benzene rings is 1. The topological polar surface area (TPSA) is 24.5 Å². The van der Waals surface area contributed by atoms with Crippen molar-refractivity contribution in [3.05, 3.63) is 28.8 Å². The van der Waals surface area contributed by atoms with Crippen LogP contribution in [-0.2, 0) is 6.42 Å². The molecule has 1 atom stereocenters. The molecule has 0 radical (unpaired) electrons. The Labute approximate surface area is 114 Å². The van der Waals surface area contributed by atoms with Crippen LogP contribution < -0.4 is 10.1 Å². The van der Waals surface area contributed by atoms with Crippen molar-refractivity contribution in [2.45, 2.75) is 18.9 Å². The normalized spacial score (nSPS) is 20.9. The third-order valence-corrected chi connectivity index (χ3v) is 3.83. The molecule has 3 nitrogen and oxygen atoms in total. The molecule has 0 aliphatic carbocycles. The Bertz CT molecular complexity index is 397. The maximum atomic E-state index is 6.24. The van der Waals surface area contributed by atoms with Crippen molar-refractivity contribution in [2.75, 3.05) is 33.8 Å². The summed E-state index contributed by atoms with van der Waals surface area (Å²) < 4.78 is 5.16. The standard InChI is InChI=1S/C14H21ClN2O/c1-17-8-7-16-12(10-17)5-3-11-4-6-13(18-2)9-14(11)15/h4,6,9,12,16H,3,5,7-8,10H2,1-2H3. The van der Waals surface area contributed by atoms with Gasteiger partial charge in [-0.15, -0.1) is 0 Å². The SMILES string of the molecule is COc1ccc(CCC2CN(C)CCN2)c(Cl)c1. The molecule has 1 heterocycles. The lowest BCUT2D eigenvalue weighted by molar-refractivity contribution is 0.232. The van der Waals surface area contributed by atoms with E-state index in [1.165, 1.54) is 5.56 Å². The number of likely N-dealkylation sites (N-methyl/N-ethyl adjacent to an activating group) is 1. The van der Waals surface area contributed by atoms with Crippen molar-refractivity contribution >= 4 is 11.6 Å². The number of hydrogen-bond donors (Lipinski definition) is 1. The Balaban J connectivity index is 1.89. The molecule has 1 aromatic rings. The van der Waals surface area contributed by atoms with Gasteiger partial charge in [-0.1, -0.05) is 17.7 Å². The minimum atomic E-state index is 0.571. The fraction of sp³-hybridized carbons (Fsp3) is 0.571. The van der Waals surface area contributed by atoms with Crippen molar-refractivity contribution < 1.29 is 4.74 Å². The summed E-state index contributed by atoms with van der Waals surface area (Å²) in [5, 5.41) is 4.36. The van der Waals surface area contributed by atoms with Gasteiger partial charge >= 0.3 is 0 Å². The van der Waals surface area contributed by atoms with Crippen LogP contribution in [-0.4, -0.2) is 44.7 Å². The molecule has 1 fully saturated rings. The van der Waals surface area contributed by atoms with Gasteiger partial charge in [-0.3, -0.25) is 0 Å². The number of hydrogen-bond acceptors (Lipinski definition) is 3. The molecule has 2 rings (SSSR count). The maximum Gasteiger partial charge on any atom is 0.120 e. The van der Waals surface area contributed by atoms with E-state index in [1.807, 2.05) is 12.1 Å². The smallest absolute Gasteiger partial charge is 0.120 e. The first-order chi connectivity index (χ1) is 8.69. The van der Waals surface area contributed by atoms with Gasteiger partial charge < -0.3 is 15.0 Å². The lowest BCUT2D eigenvalue weighted by atomic mass is 10.0. The van der Waals surface area contributed by atoms with Gasteiger partial charge in [0.25, 0.3) is 0 Å². The lowest BCUT2D eigenvalue weighted by Crippen LogP contribution is -2.49. The molecule has 100 valence electrons. The average Bonchev–Trinajstić information content (AvgIpc) is 2.37. The monoisotopic (exact) mass is 268 g/mol. The molecule has 1 aromatic carbocycles. The zero-order valence-corrected chi connectivity index (χ0v) is 11.8. The van der Waals surface area contributed by atoms with Crippen molar-refractivity contribution in [3.8, 4) is 5.75 Å². The van der Waals surface area contributed by atoms with E-state index in [2.05, 4.69) is 23.3 Å². The zero-order chi connectivity index (χ0) is 13.0. The molecular formula is C14H21ClN2O. The Morgan fingerprint density at radius 1 is 1.50 bits per heavy atom. The first-order valence-corrected chi connectivity index (χ1v) is 6.81. The lowest BCUT2D eigenvalue weighted by Gasteiger charge is -2.31. The predicted molar refractivity (Wildman–Crippen MR) is 75.6 cm³/mol. The fourth-order valence-electron chi connectivity index (χ4n) is 2.37. The number of piperazine rings is 1. The van der Waals surface area contributed by atoms with Crippen LogP contribution in [0.2, 0.25) is 5.02 Å². The van der Waals surface area contributed by atoms with E-state index in [0.29, 0.717) is 6.04 Å². The molecule has 1 unspecified atom stereocenters.